The van der Waals surface area contributed by atoms with Crippen LogP contribution in [0.15, 0.2) is 48.5 Å². The van der Waals surface area contributed by atoms with Crippen LogP contribution in [0.3, 0.4) is 0 Å². The maximum absolute atomic E-state index is 13.2. The molecule has 6 nitrogen and oxygen atoms in total. The van der Waals surface area contributed by atoms with E-state index >= 15 is 0 Å². The standard InChI is InChI=1S/C24H25FN4O2/c1-16-4-5-17(2)19(12-16)14-26-23(30)21-13-22-24(31)28(10-3-11-29(22)27-21)15-18-6-8-20(25)9-7-18/h4-9,12-13H,3,10-11,14-15H2,1-2H3,(H,26,30). The van der Waals surface area contributed by atoms with E-state index in [0.29, 0.717) is 31.9 Å². The molecule has 0 aliphatic carbocycles. The number of aromatic nitrogens is 2. The van der Waals surface area contributed by atoms with Crippen molar-refractivity contribution in [2.24, 2.45) is 0 Å². The lowest BCUT2D eigenvalue weighted by Gasteiger charge is -2.20. The quantitative estimate of drug-likeness (QED) is 0.686. The van der Waals surface area contributed by atoms with Crippen LogP contribution in [0.2, 0.25) is 0 Å². The number of nitrogens with one attached hydrogen (secondary N) is 1. The minimum atomic E-state index is -0.306. The summed E-state index contributed by atoms with van der Waals surface area (Å²) in [7, 11) is 0. The highest BCUT2D eigenvalue weighted by Gasteiger charge is 2.26. The first-order chi connectivity index (χ1) is 14.9. The van der Waals surface area contributed by atoms with Gasteiger partial charge in [-0.1, -0.05) is 35.9 Å². The first kappa shape index (κ1) is 20.8. The highest BCUT2D eigenvalue weighted by Crippen LogP contribution is 2.17. The number of fused-ring (bicyclic) bond motifs is 1. The Kier molecular flexibility index (Phi) is 5.84. The van der Waals surface area contributed by atoms with Crippen LogP contribution in [0.4, 0.5) is 4.39 Å². The number of rotatable bonds is 5. The Labute approximate surface area is 180 Å². The zero-order chi connectivity index (χ0) is 22.0. The van der Waals surface area contributed by atoms with Crippen LogP contribution in [0.5, 0.6) is 0 Å². The average molecular weight is 420 g/mol. The predicted octanol–water partition coefficient (Wildman–Crippen LogP) is 3.62. The minimum absolute atomic E-state index is 0.178. The molecule has 31 heavy (non-hydrogen) atoms. The van der Waals surface area contributed by atoms with Crippen molar-refractivity contribution in [1.82, 2.24) is 20.0 Å². The third-order valence-electron chi connectivity index (χ3n) is 5.55. The summed E-state index contributed by atoms with van der Waals surface area (Å²) in [5.74, 6) is -0.789. The zero-order valence-corrected chi connectivity index (χ0v) is 17.7. The summed E-state index contributed by atoms with van der Waals surface area (Å²) in [5.41, 5.74) is 4.78. The lowest BCUT2D eigenvalue weighted by Crippen LogP contribution is -2.30. The second kappa shape index (κ2) is 8.71. The molecule has 1 aliphatic heterocycles. The van der Waals surface area contributed by atoms with Gasteiger partial charge in [-0.2, -0.15) is 5.10 Å². The Bertz CT molecular complexity index is 1120. The van der Waals surface area contributed by atoms with Crippen molar-refractivity contribution < 1.29 is 14.0 Å². The highest BCUT2D eigenvalue weighted by molar-refractivity contribution is 5.98. The van der Waals surface area contributed by atoms with Gasteiger partial charge in [0, 0.05) is 32.2 Å². The summed E-state index contributed by atoms with van der Waals surface area (Å²) >= 11 is 0. The molecular formula is C24H25FN4O2. The number of benzene rings is 2. The fraction of sp³-hybridized carbons (Fsp3) is 0.292. The van der Waals surface area contributed by atoms with Gasteiger partial charge in [0.1, 0.15) is 11.5 Å². The topological polar surface area (TPSA) is 67.2 Å². The largest absolute Gasteiger partial charge is 0.347 e. The van der Waals surface area contributed by atoms with E-state index in [1.165, 1.54) is 12.1 Å². The maximum Gasteiger partial charge on any atom is 0.272 e. The molecule has 1 N–H and O–H groups in total. The second-order valence-electron chi connectivity index (χ2n) is 7.96. The van der Waals surface area contributed by atoms with Crippen LogP contribution in [0.1, 0.15) is 49.7 Å². The average Bonchev–Trinajstić information content (AvgIpc) is 3.13. The van der Waals surface area contributed by atoms with Crippen LogP contribution >= 0.6 is 0 Å². The van der Waals surface area contributed by atoms with Crippen molar-refractivity contribution in [3.63, 3.8) is 0 Å². The van der Waals surface area contributed by atoms with E-state index in [-0.39, 0.29) is 23.3 Å². The number of carbonyl (C=O) groups excluding carboxylic acids is 2. The third-order valence-corrected chi connectivity index (χ3v) is 5.55. The first-order valence-corrected chi connectivity index (χ1v) is 10.4. The Morgan fingerprint density at radius 1 is 1.10 bits per heavy atom. The Morgan fingerprint density at radius 2 is 1.87 bits per heavy atom. The molecule has 2 amide bonds. The summed E-state index contributed by atoms with van der Waals surface area (Å²) in [5, 5.41) is 7.28. The smallest absolute Gasteiger partial charge is 0.272 e. The van der Waals surface area contributed by atoms with Gasteiger partial charge in [-0.05, 0) is 49.1 Å². The Hall–Kier alpha value is -3.48. The molecule has 0 bridgehead atoms. The lowest BCUT2D eigenvalue weighted by molar-refractivity contribution is 0.0745. The van der Waals surface area contributed by atoms with Gasteiger partial charge >= 0.3 is 0 Å². The van der Waals surface area contributed by atoms with E-state index in [1.807, 2.05) is 26.0 Å². The van der Waals surface area contributed by atoms with E-state index in [4.69, 9.17) is 0 Å². The molecule has 1 aromatic heterocycles. The number of aryl methyl sites for hydroxylation is 3. The number of hydrogen-bond donors (Lipinski definition) is 1. The van der Waals surface area contributed by atoms with Crippen molar-refractivity contribution >= 4 is 11.8 Å². The molecule has 0 saturated carbocycles. The van der Waals surface area contributed by atoms with E-state index in [2.05, 4.69) is 16.5 Å². The van der Waals surface area contributed by atoms with Gasteiger partial charge in [0.15, 0.2) is 5.69 Å². The molecular weight excluding hydrogens is 395 g/mol. The van der Waals surface area contributed by atoms with Crippen LogP contribution in [0.25, 0.3) is 0 Å². The van der Waals surface area contributed by atoms with E-state index in [1.54, 1.807) is 27.8 Å². The highest BCUT2D eigenvalue weighted by atomic mass is 19.1. The molecule has 4 rings (SSSR count). The number of amides is 2. The van der Waals surface area contributed by atoms with Gasteiger partial charge in [0.2, 0.25) is 0 Å². The summed E-state index contributed by atoms with van der Waals surface area (Å²) in [4.78, 5) is 27.5. The van der Waals surface area contributed by atoms with Gasteiger partial charge in [-0.3, -0.25) is 14.3 Å². The fourth-order valence-corrected chi connectivity index (χ4v) is 3.76. The number of nitrogens with zero attached hydrogens (tertiary/aromatic N) is 3. The van der Waals surface area contributed by atoms with Gasteiger partial charge in [-0.25, -0.2) is 4.39 Å². The van der Waals surface area contributed by atoms with E-state index in [0.717, 1.165) is 28.7 Å². The predicted molar refractivity (Wildman–Crippen MR) is 115 cm³/mol. The summed E-state index contributed by atoms with van der Waals surface area (Å²) in [6.07, 6.45) is 0.727. The number of carbonyl (C=O) groups is 2. The fourth-order valence-electron chi connectivity index (χ4n) is 3.76. The molecule has 7 heteroatoms. The van der Waals surface area contributed by atoms with Crippen LogP contribution < -0.4 is 5.32 Å². The first-order valence-electron chi connectivity index (χ1n) is 10.4. The van der Waals surface area contributed by atoms with E-state index < -0.39 is 0 Å². The Balaban J connectivity index is 1.47. The second-order valence-corrected chi connectivity index (χ2v) is 7.96. The molecule has 0 saturated heterocycles. The molecule has 0 radical (unpaired) electrons. The van der Waals surface area contributed by atoms with Gasteiger partial charge in [0.25, 0.3) is 11.8 Å². The lowest BCUT2D eigenvalue weighted by atomic mass is 10.1. The van der Waals surface area contributed by atoms with Gasteiger partial charge in [-0.15, -0.1) is 0 Å². The van der Waals surface area contributed by atoms with Crippen LogP contribution in [-0.2, 0) is 19.6 Å². The Morgan fingerprint density at radius 3 is 2.65 bits per heavy atom. The molecule has 2 aromatic carbocycles. The minimum Gasteiger partial charge on any atom is -0.347 e. The van der Waals surface area contributed by atoms with Crippen molar-refractivity contribution in [2.45, 2.75) is 39.9 Å². The third kappa shape index (κ3) is 4.66. The molecule has 0 spiro atoms. The molecule has 160 valence electrons. The number of halogens is 1. The van der Waals surface area contributed by atoms with Crippen molar-refractivity contribution in [2.75, 3.05) is 6.54 Å². The summed E-state index contributed by atoms with van der Waals surface area (Å²) in [6, 6.07) is 13.8. The van der Waals surface area contributed by atoms with Gasteiger partial charge < -0.3 is 10.2 Å². The monoisotopic (exact) mass is 420 g/mol. The molecule has 0 fully saturated rings. The molecule has 0 atom stereocenters. The SMILES string of the molecule is Cc1ccc(C)c(CNC(=O)c2cc3n(n2)CCCN(Cc2ccc(F)cc2)C3=O)c1. The summed E-state index contributed by atoms with van der Waals surface area (Å²) in [6.45, 7) is 5.95. The molecule has 0 unspecified atom stereocenters. The molecule has 3 aromatic rings. The summed E-state index contributed by atoms with van der Waals surface area (Å²) < 4.78 is 14.8. The van der Waals surface area contributed by atoms with Crippen LogP contribution in [-0.4, -0.2) is 33.0 Å². The van der Waals surface area contributed by atoms with Crippen LogP contribution in [0, 0.1) is 19.7 Å². The normalized spacial score (nSPS) is 13.6. The zero-order valence-electron chi connectivity index (χ0n) is 17.7. The van der Waals surface area contributed by atoms with Crippen molar-refractivity contribution in [3.8, 4) is 0 Å². The molecule has 2 heterocycles. The molecule has 1 aliphatic rings. The van der Waals surface area contributed by atoms with Crippen molar-refractivity contribution in [3.05, 3.63) is 88.0 Å². The number of hydrogen-bond acceptors (Lipinski definition) is 3. The van der Waals surface area contributed by atoms with Crippen molar-refractivity contribution in [1.29, 1.82) is 0 Å². The maximum atomic E-state index is 13.2. The van der Waals surface area contributed by atoms with E-state index in [9.17, 15) is 14.0 Å². The van der Waals surface area contributed by atoms with Gasteiger partial charge in [0.05, 0.1) is 0 Å².